The molecule has 33 heavy (non-hydrogen) atoms. The van der Waals surface area contributed by atoms with Crippen molar-refractivity contribution < 1.29 is 18.9 Å². The molecule has 2 atom stereocenters. The minimum atomic E-state index is -0.498. The number of para-hydroxylation sites is 1. The van der Waals surface area contributed by atoms with Crippen molar-refractivity contribution in [3.8, 4) is 23.0 Å². The van der Waals surface area contributed by atoms with Gasteiger partial charge < -0.3 is 18.9 Å². The zero-order valence-corrected chi connectivity index (χ0v) is 19.9. The van der Waals surface area contributed by atoms with Gasteiger partial charge in [0, 0.05) is 28.1 Å². The minimum Gasteiger partial charge on any atom is -0.493 e. The number of hydrazone groups is 1. The number of fused-ring (bicyclic) bond motifs is 3. The first-order valence-corrected chi connectivity index (χ1v) is 11.2. The van der Waals surface area contributed by atoms with Gasteiger partial charge in [-0.3, -0.25) is 0 Å². The van der Waals surface area contributed by atoms with Crippen molar-refractivity contribution in [1.29, 1.82) is 0 Å². The SMILES string of the molecule is COc1cc([C@H]2Oc3ccccc3[C@@H]3CC(c4ccc(Cl)cc4Cl)=NN23)cc(OC)c1OC. The fraction of sp³-hybridized carbons (Fsp3) is 0.240. The highest BCUT2D eigenvalue weighted by Gasteiger charge is 2.41. The number of ether oxygens (including phenoxy) is 4. The van der Waals surface area contributed by atoms with Crippen LogP contribution in [-0.2, 0) is 0 Å². The molecule has 0 bridgehead atoms. The second kappa shape index (κ2) is 8.69. The Bertz CT molecular complexity index is 1220. The summed E-state index contributed by atoms with van der Waals surface area (Å²) in [6.45, 7) is 0. The maximum Gasteiger partial charge on any atom is 0.214 e. The summed E-state index contributed by atoms with van der Waals surface area (Å²) in [6, 6.07) is 17.2. The molecule has 170 valence electrons. The normalized spacial score (nSPS) is 18.7. The van der Waals surface area contributed by atoms with E-state index in [2.05, 4.69) is 6.07 Å². The van der Waals surface area contributed by atoms with Crippen LogP contribution in [0.25, 0.3) is 0 Å². The van der Waals surface area contributed by atoms with Gasteiger partial charge in [-0.1, -0.05) is 47.5 Å². The van der Waals surface area contributed by atoms with E-state index in [-0.39, 0.29) is 6.04 Å². The van der Waals surface area contributed by atoms with E-state index in [9.17, 15) is 0 Å². The Morgan fingerprint density at radius 1 is 0.939 bits per heavy atom. The molecule has 0 saturated carbocycles. The van der Waals surface area contributed by atoms with Gasteiger partial charge in [-0.05, 0) is 30.3 Å². The van der Waals surface area contributed by atoms with E-state index >= 15 is 0 Å². The van der Waals surface area contributed by atoms with Crippen molar-refractivity contribution in [2.45, 2.75) is 18.7 Å². The van der Waals surface area contributed by atoms with Crippen LogP contribution in [0.4, 0.5) is 0 Å². The van der Waals surface area contributed by atoms with Crippen molar-refractivity contribution in [2.75, 3.05) is 21.3 Å². The number of halogens is 2. The highest BCUT2D eigenvalue weighted by atomic mass is 35.5. The summed E-state index contributed by atoms with van der Waals surface area (Å²) in [7, 11) is 4.77. The third-order valence-electron chi connectivity index (χ3n) is 5.91. The molecule has 2 aliphatic rings. The Morgan fingerprint density at radius 2 is 1.67 bits per heavy atom. The van der Waals surface area contributed by atoms with Gasteiger partial charge in [-0.2, -0.15) is 5.10 Å². The summed E-state index contributed by atoms with van der Waals surface area (Å²) >= 11 is 12.6. The largest absolute Gasteiger partial charge is 0.493 e. The molecule has 0 spiro atoms. The Labute approximate surface area is 202 Å². The van der Waals surface area contributed by atoms with Crippen molar-refractivity contribution in [3.05, 3.63) is 81.3 Å². The van der Waals surface area contributed by atoms with Gasteiger partial charge >= 0.3 is 0 Å². The van der Waals surface area contributed by atoms with Crippen molar-refractivity contribution in [1.82, 2.24) is 5.01 Å². The van der Waals surface area contributed by atoms with Gasteiger partial charge in [-0.25, -0.2) is 5.01 Å². The second-order valence-corrected chi connectivity index (χ2v) is 8.58. The predicted molar refractivity (Wildman–Crippen MR) is 128 cm³/mol. The molecular weight excluding hydrogens is 463 g/mol. The van der Waals surface area contributed by atoms with Gasteiger partial charge in [0.1, 0.15) is 5.75 Å². The van der Waals surface area contributed by atoms with Crippen molar-refractivity contribution in [2.24, 2.45) is 5.10 Å². The second-order valence-electron chi connectivity index (χ2n) is 7.74. The molecule has 0 saturated heterocycles. The van der Waals surface area contributed by atoms with Crippen LogP contribution in [0.2, 0.25) is 10.0 Å². The number of nitrogens with zero attached hydrogens (tertiary/aromatic N) is 2. The minimum absolute atomic E-state index is 0.0132. The number of rotatable bonds is 5. The molecule has 8 heteroatoms. The predicted octanol–water partition coefficient (Wildman–Crippen LogP) is 6.26. The van der Waals surface area contributed by atoms with Crippen LogP contribution < -0.4 is 18.9 Å². The molecule has 3 aromatic carbocycles. The van der Waals surface area contributed by atoms with Crippen molar-refractivity contribution >= 4 is 28.9 Å². The Balaban J connectivity index is 1.63. The van der Waals surface area contributed by atoms with Crippen molar-refractivity contribution in [3.63, 3.8) is 0 Å². The van der Waals surface area contributed by atoms with Crippen LogP contribution >= 0.6 is 23.2 Å². The quantitative estimate of drug-likeness (QED) is 0.427. The average Bonchev–Trinajstić information content (AvgIpc) is 3.27. The highest BCUT2D eigenvalue weighted by Crippen LogP contribution is 2.50. The first-order chi connectivity index (χ1) is 16.0. The topological polar surface area (TPSA) is 52.5 Å². The fourth-order valence-corrected chi connectivity index (χ4v) is 4.90. The van der Waals surface area contributed by atoms with E-state index < -0.39 is 6.23 Å². The van der Waals surface area contributed by atoms with Crippen LogP contribution in [0.5, 0.6) is 23.0 Å². The Hall–Kier alpha value is -3.09. The van der Waals surface area contributed by atoms with Gasteiger partial charge in [0.2, 0.25) is 12.0 Å². The Morgan fingerprint density at radius 3 is 2.33 bits per heavy atom. The smallest absolute Gasteiger partial charge is 0.214 e. The molecule has 2 aliphatic heterocycles. The summed E-state index contributed by atoms with van der Waals surface area (Å²) in [5.41, 5.74) is 3.64. The number of benzene rings is 3. The lowest BCUT2D eigenvalue weighted by Crippen LogP contribution is -2.33. The molecule has 3 aromatic rings. The summed E-state index contributed by atoms with van der Waals surface area (Å²) in [4.78, 5) is 0. The number of hydrogen-bond acceptors (Lipinski definition) is 6. The monoisotopic (exact) mass is 484 g/mol. The first kappa shape index (κ1) is 21.7. The van der Waals surface area contributed by atoms with E-state index in [4.69, 9.17) is 47.3 Å². The van der Waals surface area contributed by atoms with Gasteiger partial charge in [0.25, 0.3) is 0 Å². The van der Waals surface area contributed by atoms with Crippen LogP contribution in [0.3, 0.4) is 0 Å². The van der Waals surface area contributed by atoms with Crippen LogP contribution in [0, 0.1) is 0 Å². The maximum absolute atomic E-state index is 6.51. The van der Waals surface area contributed by atoms with Crippen LogP contribution in [0.15, 0.2) is 59.7 Å². The zero-order valence-electron chi connectivity index (χ0n) is 18.3. The lowest BCUT2D eigenvalue weighted by atomic mass is 9.96. The maximum atomic E-state index is 6.51. The highest BCUT2D eigenvalue weighted by molar-refractivity contribution is 6.37. The Kier molecular flexibility index (Phi) is 5.72. The summed E-state index contributed by atoms with van der Waals surface area (Å²) in [6.07, 6.45) is 0.185. The van der Waals surface area contributed by atoms with E-state index in [1.165, 1.54) is 0 Å². The molecule has 0 unspecified atom stereocenters. The van der Waals surface area contributed by atoms with Gasteiger partial charge in [0.05, 0.1) is 38.1 Å². The molecule has 0 aromatic heterocycles. The molecule has 6 nitrogen and oxygen atoms in total. The summed E-state index contributed by atoms with van der Waals surface area (Å²) in [5.74, 6) is 2.44. The average molecular weight is 485 g/mol. The first-order valence-electron chi connectivity index (χ1n) is 10.4. The number of methoxy groups -OCH3 is 3. The molecule has 0 amide bonds. The van der Waals surface area contributed by atoms with Crippen LogP contribution in [0.1, 0.15) is 35.4 Å². The van der Waals surface area contributed by atoms with E-state index in [0.717, 1.165) is 28.2 Å². The lowest BCUT2D eigenvalue weighted by Gasteiger charge is -2.38. The standard InChI is InChI=1S/C25H22Cl2N2O4/c1-30-22-10-14(11-23(31-2)24(22)32-3)25-29-20(17-6-4-5-7-21(17)33-25)13-19(28-29)16-9-8-15(26)12-18(16)27/h4-12,20,25H,13H2,1-3H3/t20-,25+/m0/s1. The molecule has 0 fully saturated rings. The number of hydrogen-bond donors (Lipinski definition) is 0. The van der Waals surface area contributed by atoms with Crippen LogP contribution in [-0.4, -0.2) is 32.0 Å². The lowest BCUT2D eigenvalue weighted by molar-refractivity contribution is -0.0192. The van der Waals surface area contributed by atoms with Gasteiger partial charge in [-0.15, -0.1) is 0 Å². The fourth-order valence-electron chi connectivity index (χ4n) is 4.38. The third kappa shape index (κ3) is 3.73. The molecule has 2 heterocycles. The van der Waals surface area contributed by atoms with E-state index in [1.807, 2.05) is 47.5 Å². The molecule has 0 N–H and O–H groups in total. The summed E-state index contributed by atoms with van der Waals surface area (Å²) < 4.78 is 23.1. The molecule has 5 rings (SSSR count). The molecule has 0 radical (unpaired) electrons. The summed E-state index contributed by atoms with van der Waals surface area (Å²) in [5, 5.41) is 8.10. The molecule has 0 aliphatic carbocycles. The van der Waals surface area contributed by atoms with E-state index in [0.29, 0.717) is 33.7 Å². The third-order valence-corrected chi connectivity index (χ3v) is 6.46. The van der Waals surface area contributed by atoms with Gasteiger partial charge in [0.15, 0.2) is 11.5 Å². The van der Waals surface area contributed by atoms with E-state index in [1.54, 1.807) is 27.4 Å². The molecular formula is C25H22Cl2N2O4. The zero-order chi connectivity index (χ0) is 23.1.